The number of rotatable bonds is 8. The number of thiophene rings is 1. The highest BCUT2D eigenvalue weighted by Crippen LogP contribution is 2.32. The molecular weight excluding hydrogens is 408 g/mol. The minimum atomic E-state index is 0.0384. The zero-order valence-electron chi connectivity index (χ0n) is 18.7. The van der Waals surface area contributed by atoms with Crippen LogP contribution in [0.5, 0.6) is 5.75 Å². The molecule has 5 nitrogen and oxygen atoms in total. The molecule has 4 rings (SSSR count). The Hall–Kier alpha value is -1.89. The first-order chi connectivity index (χ1) is 15.1. The summed E-state index contributed by atoms with van der Waals surface area (Å²) in [5, 5.41) is 5.13. The number of fused-ring (bicyclic) bond motifs is 1. The number of amides is 1. The summed E-state index contributed by atoms with van der Waals surface area (Å²) in [5.41, 5.74) is 3.20. The van der Waals surface area contributed by atoms with Crippen LogP contribution in [0.3, 0.4) is 0 Å². The molecule has 168 valence electrons. The van der Waals surface area contributed by atoms with E-state index in [-0.39, 0.29) is 5.91 Å². The molecule has 31 heavy (non-hydrogen) atoms. The normalized spacial score (nSPS) is 19.3. The third-order valence-corrected chi connectivity index (χ3v) is 7.58. The number of carbonyl (C=O) groups is 1. The van der Waals surface area contributed by atoms with Crippen molar-refractivity contribution in [2.45, 2.75) is 51.6 Å². The standard InChI is InChI=1S/C25H34N2O3S/c1-18-6-7-22-23(17-31-24(22)14-18)25(28)26-16-19-4-3-5-21(15-19)30-13-10-27(2)20-8-11-29-12-9-20/h3-5,15,17-18,20H,6-14,16H2,1-2H3,(H,26,28). The summed E-state index contributed by atoms with van der Waals surface area (Å²) >= 11 is 1.74. The molecule has 1 aromatic carbocycles. The van der Waals surface area contributed by atoms with Gasteiger partial charge in [-0.1, -0.05) is 19.1 Å². The predicted octanol–water partition coefficient (Wildman–Crippen LogP) is 4.29. The summed E-state index contributed by atoms with van der Waals surface area (Å²) in [4.78, 5) is 16.5. The van der Waals surface area contributed by atoms with E-state index >= 15 is 0 Å². The molecule has 0 radical (unpaired) electrons. The summed E-state index contributed by atoms with van der Waals surface area (Å²) in [6.07, 6.45) is 5.49. The van der Waals surface area contributed by atoms with E-state index in [4.69, 9.17) is 9.47 Å². The monoisotopic (exact) mass is 442 g/mol. The number of hydrogen-bond donors (Lipinski definition) is 1. The average Bonchev–Trinajstić information content (AvgIpc) is 3.21. The second-order valence-corrected chi connectivity index (χ2v) is 9.87. The van der Waals surface area contributed by atoms with Gasteiger partial charge in [-0.05, 0) is 68.3 Å². The molecule has 1 fully saturated rings. The van der Waals surface area contributed by atoms with Crippen molar-refractivity contribution in [3.05, 3.63) is 51.2 Å². The van der Waals surface area contributed by atoms with E-state index in [1.54, 1.807) is 11.3 Å². The van der Waals surface area contributed by atoms with E-state index in [0.717, 1.165) is 68.2 Å². The Morgan fingerprint density at radius 1 is 1.29 bits per heavy atom. The lowest BCUT2D eigenvalue weighted by molar-refractivity contribution is 0.0392. The smallest absolute Gasteiger partial charge is 0.252 e. The number of likely N-dealkylation sites (N-methyl/N-ethyl adjacent to an activating group) is 1. The third kappa shape index (κ3) is 5.88. The van der Waals surface area contributed by atoms with E-state index in [1.807, 2.05) is 29.6 Å². The van der Waals surface area contributed by atoms with E-state index in [1.165, 1.54) is 16.9 Å². The highest BCUT2D eigenvalue weighted by Gasteiger charge is 2.23. The Morgan fingerprint density at radius 2 is 2.13 bits per heavy atom. The Morgan fingerprint density at radius 3 is 2.97 bits per heavy atom. The van der Waals surface area contributed by atoms with Crippen LogP contribution < -0.4 is 10.1 Å². The fourth-order valence-electron chi connectivity index (χ4n) is 4.51. The van der Waals surface area contributed by atoms with Crippen LogP contribution in [0.25, 0.3) is 0 Å². The summed E-state index contributed by atoms with van der Waals surface area (Å²) in [5.74, 6) is 1.62. The first-order valence-electron chi connectivity index (χ1n) is 11.5. The number of ether oxygens (including phenoxy) is 2. The van der Waals surface area contributed by atoms with Crippen LogP contribution in [0, 0.1) is 5.92 Å². The van der Waals surface area contributed by atoms with Gasteiger partial charge in [-0.3, -0.25) is 9.69 Å². The Kier molecular flexibility index (Phi) is 7.64. The largest absolute Gasteiger partial charge is 0.492 e. The lowest BCUT2D eigenvalue weighted by Crippen LogP contribution is -2.38. The molecule has 2 aromatic rings. The maximum absolute atomic E-state index is 12.8. The van der Waals surface area contributed by atoms with E-state index in [2.05, 4.69) is 24.2 Å². The van der Waals surface area contributed by atoms with Crippen molar-refractivity contribution >= 4 is 17.2 Å². The second-order valence-electron chi connectivity index (χ2n) is 8.90. The van der Waals surface area contributed by atoms with Gasteiger partial charge in [0, 0.05) is 42.6 Å². The first-order valence-corrected chi connectivity index (χ1v) is 12.3. The minimum absolute atomic E-state index is 0.0384. The van der Waals surface area contributed by atoms with E-state index < -0.39 is 0 Å². The Labute approximate surface area is 189 Å². The summed E-state index contributed by atoms with van der Waals surface area (Å²) in [7, 11) is 2.16. The molecule has 1 aliphatic carbocycles. The number of nitrogens with zero attached hydrogens (tertiary/aromatic N) is 1. The lowest BCUT2D eigenvalue weighted by Gasteiger charge is -2.31. The van der Waals surface area contributed by atoms with Crippen LogP contribution in [-0.4, -0.2) is 50.3 Å². The molecule has 1 unspecified atom stereocenters. The molecule has 1 amide bonds. The highest BCUT2D eigenvalue weighted by molar-refractivity contribution is 7.10. The molecule has 0 spiro atoms. The molecule has 1 aromatic heterocycles. The third-order valence-electron chi connectivity index (χ3n) is 6.52. The maximum Gasteiger partial charge on any atom is 0.252 e. The molecule has 2 heterocycles. The number of nitrogens with one attached hydrogen (secondary N) is 1. The molecular formula is C25H34N2O3S. The molecule has 6 heteroatoms. The molecule has 1 saturated heterocycles. The van der Waals surface area contributed by atoms with Crippen molar-refractivity contribution in [1.29, 1.82) is 0 Å². The first kappa shape index (κ1) is 22.3. The van der Waals surface area contributed by atoms with Gasteiger partial charge in [0.2, 0.25) is 0 Å². The van der Waals surface area contributed by atoms with Crippen molar-refractivity contribution in [3.63, 3.8) is 0 Å². The SMILES string of the molecule is CC1CCc2c(C(=O)NCc3cccc(OCCN(C)C4CCOCC4)c3)csc2C1. The minimum Gasteiger partial charge on any atom is -0.492 e. The van der Waals surface area contributed by atoms with Crippen LogP contribution in [0.1, 0.15) is 52.5 Å². The summed E-state index contributed by atoms with van der Waals surface area (Å²) in [6.45, 7) is 6.07. The molecule has 1 atom stereocenters. The summed E-state index contributed by atoms with van der Waals surface area (Å²) < 4.78 is 11.4. The van der Waals surface area contributed by atoms with Gasteiger partial charge in [0.05, 0.1) is 5.56 Å². The molecule has 1 N–H and O–H groups in total. The zero-order valence-corrected chi connectivity index (χ0v) is 19.5. The van der Waals surface area contributed by atoms with Crippen molar-refractivity contribution in [2.75, 3.05) is 33.4 Å². The van der Waals surface area contributed by atoms with Crippen molar-refractivity contribution in [1.82, 2.24) is 10.2 Å². The molecule has 0 saturated carbocycles. The lowest BCUT2D eigenvalue weighted by atomic mass is 9.88. The summed E-state index contributed by atoms with van der Waals surface area (Å²) in [6, 6.07) is 8.62. The van der Waals surface area contributed by atoms with Crippen molar-refractivity contribution in [3.8, 4) is 5.75 Å². The van der Waals surface area contributed by atoms with Gasteiger partial charge >= 0.3 is 0 Å². The van der Waals surface area contributed by atoms with Gasteiger partial charge in [-0.15, -0.1) is 11.3 Å². The van der Waals surface area contributed by atoms with Crippen LogP contribution in [0.2, 0.25) is 0 Å². The van der Waals surface area contributed by atoms with Crippen LogP contribution >= 0.6 is 11.3 Å². The zero-order chi connectivity index (χ0) is 21.6. The van der Waals surface area contributed by atoms with E-state index in [9.17, 15) is 4.79 Å². The van der Waals surface area contributed by atoms with Gasteiger partial charge in [-0.25, -0.2) is 0 Å². The fraction of sp³-hybridized carbons (Fsp3) is 0.560. The predicted molar refractivity (Wildman–Crippen MR) is 125 cm³/mol. The van der Waals surface area contributed by atoms with Gasteiger partial charge < -0.3 is 14.8 Å². The quantitative estimate of drug-likeness (QED) is 0.663. The van der Waals surface area contributed by atoms with Crippen LogP contribution in [0.4, 0.5) is 0 Å². The van der Waals surface area contributed by atoms with Gasteiger partial charge in [0.15, 0.2) is 0 Å². The van der Waals surface area contributed by atoms with Gasteiger partial charge in [0.25, 0.3) is 5.91 Å². The van der Waals surface area contributed by atoms with Crippen molar-refractivity contribution < 1.29 is 14.3 Å². The Balaban J connectivity index is 1.25. The second kappa shape index (κ2) is 10.6. The Bertz CT molecular complexity index is 875. The molecule has 2 aliphatic rings. The van der Waals surface area contributed by atoms with Crippen LogP contribution in [-0.2, 0) is 24.1 Å². The average molecular weight is 443 g/mol. The van der Waals surface area contributed by atoms with E-state index in [0.29, 0.717) is 19.2 Å². The van der Waals surface area contributed by atoms with Crippen LogP contribution in [0.15, 0.2) is 29.6 Å². The highest BCUT2D eigenvalue weighted by atomic mass is 32.1. The molecule has 0 bridgehead atoms. The van der Waals surface area contributed by atoms with Gasteiger partial charge in [-0.2, -0.15) is 0 Å². The van der Waals surface area contributed by atoms with Gasteiger partial charge in [0.1, 0.15) is 12.4 Å². The maximum atomic E-state index is 12.8. The molecule has 1 aliphatic heterocycles. The van der Waals surface area contributed by atoms with Crippen molar-refractivity contribution in [2.24, 2.45) is 5.92 Å². The number of carbonyl (C=O) groups excluding carboxylic acids is 1. The number of benzene rings is 1. The fourth-order valence-corrected chi connectivity index (χ4v) is 5.75. The topological polar surface area (TPSA) is 50.8 Å². The number of hydrogen-bond acceptors (Lipinski definition) is 5.